The molecule has 2 rings (SSSR count). The van der Waals surface area contributed by atoms with Crippen molar-refractivity contribution >= 4 is 11.7 Å². The molecule has 2 atom stereocenters. The fraction of sp³-hybridized carbons (Fsp3) is 0.600. The van der Waals surface area contributed by atoms with Crippen LogP contribution >= 0.6 is 0 Å². The number of anilines is 1. The number of hydrogen-bond donors (Lipinski definition) is 2. The van der Waals surface area contributed by atoms with Gasteiger partial charge in [-0.25, -0.2) is 4.98 Å². The van der Waals surface area contributed by atoms with Crippen molar-refractivity contribution in [1.82, 2.24) is 10.3 Å². The SMILES string of the molecule is CCCNc1cccc(C(=O)NC(C)C2CCCO2)n1. The van der Waals surface area contributed by atoms with Gasteiger partial charge in [-0.05, 0) is 38.3 Å². The van der Waals surface area contributed by atoms with Gasteiger partial charge in [-0.15, -0.1) is 0 Å². The quantitative estimate of drug-likeness (QED) is 0.836. The average molecular weight is 277 g/mol. The second-order valence-corrected chi connectivity index (χ2v) is 5.15. The van der Waals surface area contributed by atoms with Gasteiger partial charge in [-0.3, -0.25) is 4.79 Å². The molecule has 1 aliphatic rings. The van der Waals surface area contributed by atoms with Gasteiger partial charge in [0.25, 0.3) is 5.91 Å². The van der Waals surface area contributed by atoms with Crippen LogP contribution in [0.25, 0.3) is 0 Å². The number of carbonyl (C=O) groups excluding carboxylic acids is 1. The topological polar surface area (TPSA) is 63.2 Å². The van der Waals surface area contributed by atoms with E-state index in [1.807, 2.05) is 19.1 Å². The van der Waals surface area contributed by atoms with Crippen LogP contribution in [0.1, 0.15) is 43.6 Å². The minimum Gasteiger partial charge on any atom is -0.376 e. The Morgan fingerprint density at radius 1 is 1.55 bits per heavy atom. The largest absolute Gasteiger partial charge is 0.376 e. The molecule has 1 amide bonds. The second-order valence-electron chi connectivity index (χ2n) is 5.15. The Hall–Kier alpha value is -1.62. The zero-order chi connectivity index (χ0) is 14.4. The fourth-order valence-corrected chi connectivity index (χ4v) is 2.28. The maximum Gasteiger partial charge on any atom is 0.270 e. The highest BCUT2D eigenvalue weighted by Crippen LogP contribution is 2.15. The first-order chi connectivity index (χ1) is 9.70. The fourth-order valence-electron chi connectivity index (χ4n) is 2.28. The van der Waals surface area contributed by atoms with Crippen molar-refractivity contribution in [3.05, 3.63) is 23.9 Å². The third kappa shape index (κ3) is 3.93. The lowest BCUT2D eigenvalue weighted by atomic mass is 10.1. The van der Waals surface area contributed by atoms with Crippen LogP contribution in [0.15, 0.2) is 18.2 Å². The molecule has 110 valence electrons. The predicted octanol–water partition coefficient (Wildman–Crippen LogP) is 2.20. The van der Waals surface area contributed by atoms with Crippen molar-refractivity contribution < 1.29 is 9.53 Å². The van der Waals surface area contributed by atoms with E-state index in [-0.39, 0.29) is 18.1 Å². The van der Waals surface area contributed by atoms with Crippen LogP contribution < -0.4 is 10.6 Å². The van der Waals surface area contributed by atoms with Crippen LogP contribution in [0.4, 0.5) is 5.82 Å². The highest BCUT2D eigenvalue weighted by Gasteiger charge is 2.24. The summed E-state index contributed by atoms with van der Waals surface area (Å²) < 4.78 is 5.58. The summed E-state index contributed by atoms with van der Waals surface area (Å²) in [5, 5.41) is 6.15. The molecule has 0 aromatic carbocycles. The maximum absolute atomic E-state index is 12.2. The summed E-state index contributed by atoms with van der Waals surface area (Å²) in [5.41, 5.74) is 0.441. The first kappa shape index (κ1) is 14.8. The lowest BCUT2D eigenvalue weighted by Gasteiger charge is -2.19. The van der Waals surface area contributed by atoms with E-state index in [2.05, 4.69) is 22.5 Å². The lowest BCUT2D eigenvalue weighted by Crippen LogP contribution is -2.41. The van der Waals surface area contributed by atoms with Gasteiger partial charge < -0.3 is 15.4 Å². The monoisotopic (exact) mass is 277 g/mol. The molecule has 0 saturated carbocycles. The normalized spacial score (nSPS) is 19.6. The summed E-state index contributed by atoms with van der Waals surface area (Å²) in [6, 6.07) is 5.46. The molecule has 1 saturated heterocycles. The lowest BCUT2D eigenvalue weighted by molar-refractivity contribution is 0.0709. The zero-order valence-electron chi connectivity index (χ0n) is 12.2. The van der Waals surface area contributed by atoms with Crippen molar-refractivity contribution in [3.8, 4) is 0 Å². The summed E-state index contributed by atoms with van der Waals surface area (Å²) in [7, 11) is 0. The molecule has 1 aromatic heterocycles. The van der Waals surface area contributed by atoms with Gasteiger partial charge in [-0.1, -0.05) is 13.0 Å². The van der Waals surface area contributed by atoms with Crippen LogP contribution in [0.3, 0.4) is 0 Å². The Morgan fingerprint density at radius 3 is 3.10 bits per heavy atom. The molecule has 20 heavy (non-hydrogen) atoms. The van der Waals surface area contributed by atoms with Gasteiger partial charge in [-0.2, -0.15) is 0 Å². The standard InChI is InChI=1S/C15H23N3O2/c1-3-9-16-14-8-4-6-12(18-14)15(19)17-11(2)13-7-5-10-20-13/h4,6,8,11,13H,3,5,7,9-10H2,1-2H3,(H,16,18)(H,17,19). The van der Waals surface area contributed by atoms with E-state index >= 15 is 0 Å². The van der Waals surface area contributed by atoms with Gasteiger partial charge in [0.1, 0.15) is 11.5 Å². The van der Waals surface area contributed by atoms with Gasteiger partial charge >= 0.3 is 0 Å². The van der Waals surface area contributed by atoms with Crippen molar-refractivity contribution in [2.24, 2.45) is 0 Å². The van der Waals surface area contributed by atoms with Gasteiger partial charge in [0.2, 0.25) is 0 Å². The molecule has 0 radical (unpaired) electrons. The number of ether oxygens (including phenoxy) is 1. The van der Waals surface area contributed by atoms with Gasteiger partial charge in [0.05, 0.1) is 12.1 Å². The average Bonchev–Trinajstić information content (AvgIpc) is 2.99. The van der Waals surface area contributed by atoms with Crippen molar-refractivity contribution in [1.29, 1.82) is 0 Å². The number of nitrogens with zero attached hydrogens (tertiary/aromatic N) is 1. The van der Waals surface area contributed by atoms with Crippen LogP contribution in [0, 0.1) is 0 Å². The Bertz CT molecular complexity index is 444. The Kier molecular flexibility index (Phi) is 5.35. The first-order valence-electron chi connectivity index (χ1n) is 7.34. The highest BCUT2D eigenvalue weighted by molar-refractivity contribution is 5.92. The molecule has 0 aliphatic carbocycles. The third-order valence-electron chi connectivity index (χ3n) is 3.42. The third-order valence-corrected chi connectivity index (χ3v) is 3.42. The minimum absolute atomic E-state index is 0.0130. The molecule has 0 bridgehead atoms. The van der Waals surface area contributed by atoms with E-state index in [4.69, 9.17) is 4.74 Å². The van der Waals surface area contributed by atoms with Gasteiger partial charge in [0, 0.05) is 13.2 Å². The Labute approximate surface area is 120 Å². The zero-order valence-corrected chi connectivity index (χ0v) is 12.2. The molecule has 2 heterocycles. The molecule has 2 N–H and O–H groups in total. The maximum atomic E-state index is 12.2. The van der Waals surface area contributed by atoms with Crippen molar-refractivity contribution in [2.45, 2.75) is 45.3 Å². The van der Waals surface area contributed by atoms with Crippen LogP contribution in [-0.2, 0) is 4.74 Å². The number of aromatic nitrogens is 1. The molecule has 5 nitrogen and oxygen atoms in total. The summed E-state index contributed by atoms with van der Waals surface area (Å²) in [5.74, 6) is 0.595. The van der Waals surface area contributed by atoms with Gasteiger partial charge in [0.15, 0.2) is 0 Å². The molecule has 1 fully saturated rings. The first-order valence-corrected chi connectivity index (χ1v) is 7.34. The molecule has 1 aromatic rings. The summed E-state index contributed by atoms with van der Waals surface area (Å²) >= 11 is 0. The Morgan fingerprint density at radius 2 is 2.40 bits per heavy atom. The van der Waals surface area contributed by atoms with E-state index in [9.17, 15) is 4.79 Å². The molecule has 0 spiro atoms. The molecule has 1 aliphatic heterocycles. The molecular formula is C15H23N3O2. The number of amides is 1. The summed E-state index contributed by atoms with van der Waals surface area (Å²) in [6.45, 7) is 5.71. The number of pyridine rings is 1. The number of nitrogens with one attached hydrogen (secondary N) is 2. The van der Waals surface area contributed by atoms with Crippen LogP contribution in [-0.4, -0.2) is 36.2 Å². The molecular weight excluding hydrogens is 254 g/mol. The number of rotatable bonds is 6. The predicted molar refractivity (Wildman–Crippen MR) is 78.9 cm³/mol. The van der Waals surface area contributed by atoms with E-state index in [1.54, 1.807) is 6.07 Å². The Balaban J connectivity index is 1.94. The number of hydrogen-bond acceptors (Lipinski definition) is 4. The second kappa shape index (κ2) is 7.24. The van der Waals surface area contributed by atoms with Crippen molar-refractivity contribution in [3.63, 3.8) is 0 Å². The minimum atomic E-state index is -0.145. The molecule has 5 heteroatoms. The van der Waals surface area contributed by atoms with Crippen molar-refractivity contribution in [2.75, 3.05) is 18.5 Å². The van der Waals surface area contributed by atoms with Crippen LogP contribution in [0.5, 0.6) is 0 Å². The van der Waals surface area contributed by atoms with Crippen LogP contribution in [0.2, 0.25) is 0 Å². The summed E-state index contributed by atoms with van der Waals surface area (Å²) in [6.07, 6.45) is 3.22. The van der Waals surface area contributed by atoms with E-state index in [1.165, 1.54) is 0 Å². The smallest absolute Gasteiger partial charge is 0.270 e. The number of carbonyl (C=O) groups is 1. The highest BCUT2D eigenvalue weighted by atomic mass is 16.5. The molecule has 2 unspecified atom stereocenters. The summed E-state index contributed by atoms with van der Waals surface area (Å²) in [4.78, 5) is 16.5. The van der Waals surface area contributed by atoms with E-state index in [0.717, 1.165) is 38.2 Å². The van der Waals surface area contributed by atoms with E-state index < -0.39 is 0 Å². The van der Waals surface area contributed by atoms with E-state index in [0.29, 0.717) is 5.69 Å².